The second-order valence-electron chi connectivity index (χ2n) is 4.35. The standard InChI is InChI=1S/C12H16N2O4S/c1-3-4-7-14(2)19(16,17)9-5-6-10-11(8-9)18-12(15)13-10/h5-6,8H,3-4,7H2,1-2H3,(H,13,15). The Morgan fingerprint density at radius 1 is 1.37 bits per heavy atom. The fourth-order valence-electron chi connectivity index (χ4n) is 1.77. The number of sulfonamides is 1. The SMILES string of the molecule is CCCCN(C)S(=O)(=O)c1ccc2[nH]c(=O)oc2c1. The van der Waals surface area contributed by atoms with Crippen molar-refractivity contribution in [2.45, 2.75) is 24.7 Å². The normalized spacial score (nSPS) is 12.4. The summed E-state index contributed by atoms with van der Waals surface area (Å²) in [7, 11) is -1.99. The summed E-state index contributed by atoms with van der Waals surface area (Å²) >= 11 is 0. The molecule has 0 amide bonds. The average molecular weight is 284 g/mol. The smallest absolute Gasteiger partial charge is 0.408 e. The molecule has 0 aliphatic carbocycles. The van der Waals surface area contributed by atoms with Crippen LogP contribution in [0.1, 0.15) is 19.8 Å². The second kappa shape index (κ2) is 5.18. The number of oxazole rings is 1. The minimum Gasteiger partial charge on any atom is -0.408 e. The number of nitrogens with zero attached hydrogens (tertiary/aromatic N) is 1. The van der Waals surface area contributed by atoms with Crippen molar-refractivity contribution in [3.63, 3.8) is 0 Å². The first-order valence-corrected chi connectivity index (χ1v) is 7.48. The van der Waals surface area contributed by atoms with Gasteiger partial charge in [0.15, 0.2) is 5.58 Å². The number of hydrogen-bond acceptors (Lipinski definition) is 4. The number of aromatic amines is 1. The van der Waals surface area contributed by atoms with Crippen LogP contribution in [-0.2, 0) is 10.0 Å². The van der Waals surface area contributed by atoms with Crippen LogP contribution in [0.4, 0.5) is 0 Å². The van der Waals surface area contributed by atoms with E-state index in [1.807, 2.05) is 6.92 Å². The molecule has 1 N–H and O–H groups in total. The fourth-order valence-corrected chi connectivity index (χ4v) is 2.99. The molecule has 0 saturated heterocycles. The molecule has 0 saturated carbocycles. The second-order valence-corrected chi connectivity index (χ2v) is 6.40. The van der Waals surface area contributed by atoms with E-state index in [4.69, 9.17) is 4.42 Å². The van der Waals surface area contributed by atoms with Crippen LogP contribution in [0.5, 0.6) is 0 Å². The maximum atomic E-state index is 12.3. The van der Waals surface area contributed by atoms with Crippen LogP contribution in [0.3, 0.4) is 0 Å². The van der Waals surface area contributed by atoms with Gasteiger partial charge in [-0.25, -0.2) is 17.5 Å². The zero-order valence-corrected chi connectivity index (χ0v) is 11.7. The molecule has 0 spiro atoms. The van der Waals surface area contributed by atoms with Crippen molar-refractivity contribution in [2.75, 3.05) is 13.6 Å². The van der Waals surface area contributed by atoms with Crippen LogP contribution >= 0.6 is 0 Å². The van der Waals surface area contributed by atoms with Gasteiger partial charge in [-0.05, 0) is 18.6 Å². The van der Waals surface area contributed by atoms with Gasteiger partial charge in [0.25, 0.3) is 0 Å². The molecule has 0 unspecified atom stereocenters. The molecular weight excluding hydrogens is 268 g/mol. The Kier molecular flexibility index (Phi) is 3.77. The monoisotopic (exact) mass is 284 g/mol. The van der Waals surface area contributed by atoms with Crippen molar-refractivity contribution in [2.24, 2.45) is 0 Å². The number of aromatic nitrogens is 1. The van der Waals surface area contributed by atoms with E-state index in [-0.39, 0.29) is 10.5 Å². The van der Waals surface area contributed by atoms with E-state index in [1.54, 1.807) is 7.05 Å². The van der Waals surface area contributed by atoms with Crippen molar-refractivity contribution in [3.05, 3.63) is 28.7 Å². The van der Waals surface area contributed by atoms with E-state index in [1.165, 1.54) is 22.5 Å². The highest BCUT2D eigenvalue weighted by Crippen LogP contribution is 2.19. The van der Waals surface area contributed by atoms with Crippen molar-refractivity contribution in [1.82, 2.24) is 9.29 Å². The Hall–Kier alpha value is -1.60. The van der Waals surface area contributed by atoms with Crippen molar-refractivity contribution >= 4 is 21.1 Å². The van der Waals surface area contributed by atoms with Crippen molar-refractivity contribution in [1.29, 1.82) is 0 Å². The molecule has 7 heteroatoms. The van der Waals surface area contributed by atoms with Gasteiger partial charge < -0.3 is 4.42 Å². The fraction of sp³-hybridized carbons (Fsp3) is 0.417. The molecule has 19 heavy (non-hydrogen) atoms. The molecule has 0 fully saturated rings. The molecule has 1 aromatic heterocycles. The van der Waals surface area contributed by atoms with E-state index < -0.39 is 15.8 Å². The topological polar surface area (TPSA) is 83.4 Å². The van der Waals surface area contributed by atoms with E-state index in [2.05, 4.69) is 4.98 Å². The van der Waals surface area contributed by atoms with Crippen LogP contribution < -0.4 is 5.76 Å². The Labute approximate surface area is 111 Å². The third-order valence-corrected chi connectivity index (χ3v) is 4.78. The molecular formula is C12H16N2O4S. The molecule has 0 aliphatic heterocycles. The van der Waals surface area contributed by atoms with Crippen LogP contribution in [0.15, 0.2) is 32.3 Å². The van der Waals surface area contributed by atoms with Crippen LogP contribution in [0.25, 0.3) is 11.1 Å². The Morgan fingerprint density at radius 2 is 2.11 bits per heavy atom. The molecule has 0 radical (unpaired) electrons. The van der Waals surface area contributed by atoms with Gasteiger partial charge in [-0.2, -0.15) is 0 Å². The van der Waals surface area contributed by atoms with Gasteiger partial charge in [0, 0.05) is 19.7 Å². The lowest BCUT2D eigenvalue weighted by atomic mass is 10.3. The molecule has 0 bridgehead atoms. The van der Waals surface area contributed by atoms with E-state index in [0.717, 1.165) is 12.8 Å². The molecule has 0 aliphatic rings. The number of hydrogen-bond donors (Lipinski definition) is 1. The number of fused-ring (bicyclic) bond motifs is 1. The highest BCUT2D eigenvalue weighted by atomic mass is 32.2. The first kappa shape index (κ1) is 13.8. The first-order chi connectivity index (χ1) is 8.95. The highest BCUT2D eigenvalue weighted by Gasteiger charge is 2.21. The van der Waals surface area contributed by atoms with Gasteiger partial charge in [-0.3, -0.25) is 4.98 Å². The summed E-state index contributed by atoms with van der Waals surface area (Å²) in [6.45, 7) is 2.47. The molecule has 1 aromatic carbocycles. The minimum absolute atomic E-state index is 0.126. The van der Waals surface area contributed by atoms with Gasteiger partial charge in [0.2, 0.25) is 10.0 Å². The Morgan fingerprint density at radius 3 is 2.79 bits per heavy atom. The third kappa shape index (κ3) is 2.71. The zero-order chi connectivity index (χ0) is 14.0. The van der Waals surface area contributed by atoms with E-state index >= 15 is 0 Å². The lowest BCUT2D eigenvalue weighted by Gasteiger charge is -2.16. The quantitative estimate of drug-likeness (QED) is 0.902. The van der Waals surface area contributed by atoms with Crippen LogP contribution in [0.2, 0.25) is 0 Å². The first-order valence-electron chi connectivity index (χ1n) is 6.04. The Balaban J connectivity index is 2.39. The molecule has 104 valence electrons. The predicted octanol–water partition coefficient (Wildman–Crippen LogP) is 1.54. The van der Waals surface area contributed by atoms with E-state index in [9.17, 15) is 13.2 Å². The minimum atomic E-state index is -3.54. The molecule has 6 nitrogen and oxygen atoms in total. The summed E-state index contributed by atoms with van der Waals surface area (Å²) in [6, 6.07) is 4.36. The summed E-state index contributed by atoms with van der Waals surface area (Å²) in [5.41, 5.74) is 0.732. The van der Waals surface area contributed by atoms with Gasteiger partial charge in [0.05, 0.1) is 10.4 Å². The third-order valence-electron chi connectivity index (χ3n) is 2.93. The summed E-state index contributed by atoms with van der Waals surface area (Å²) in [6.07, 6.45) is 1.72. The number of benzene rings is 1. The predicted molar refractivity (Wildman–Crippen MR) is 71.6 cm³/mol. The largest absolute Gasteiger partial charge is 0.417 e. The molecule has 2 rings (SSSR count). The number of H-pyrrole nitrogens is 1. The van der Waals surface area contributed by atoms with E-state index in [0.29, 0.717) is 12.1 Å². The van der Waals surface area contributed by atoms with Crippen molar-refractivity contribution < 1.29 is 12.8 Å². The zero-order valence-electron chi connectivity index (χ0n) is 10.8. The van der Waals surface area contributed by atoms with Gasteiger partial charge in [0.1, 0.15) is 0 Å². The molecule has 2 aromatic rings. The Bertz CT molecular complexity index is 730. The van der Waals surface area contributed by atoms with Gasteiger partial charge in [-0.15, -0.1) is 0 Å². The highest BCUT2D eigenvalue weighted by molar-refractivity contribution is 7.89. The van der Waals surface area contributed by atoms with Gasteiger partial charge >= 0.3 is 5.76 Å². The maximum absolute atomic E-state index is 12.3. The lowest BCUT2D eigenvalue weighted by molar-refractivity contribution is 0.459. The van der Waals surface area contributed by atoms with Gasteiger partial charge in [-0.1, -0.05) is 13.3 Å². The lowest BCUT2D eigenvalue weighted by Crippen LogP contribution is -2.27. The van der Waals surface area contributed by atoms with Crippen LogP contribution in [-0.4, -0.2) is 31.3 Å². The summed E-state index contributed by atoms with van der Waals surface area (Å²) < 4.78 is 30.7. The number of rotatable bonds is 5. The maximum Gasteiger partial charge on any atom is 0.417 e. The summed E-state index contributed by atoms with van der Waals surface area (Å²) in [5.74, 6) is -0.594. The average Bonchev–Trinajstić information content (AvgIpc) is 2.74. The summed E-state index contributed by atoms with van der Waals surface area (Å²) in [5, 5.41) is 0. The molecule has 0 atom stereocenters. The number of unbranched alkanes of at least 4 members (excludes halogenated alkanes) is 1. The summed E-state index contributed by atoms with van der Waals surface area (Å²) in [4.78, 5) is 13.6. The number of nitrogens with one attached hydrogen (secondary N) is 1. The van der Waals surface area contributed by atoms with Crippen LogP contribution in [0, 0.1) is 0 Å². The molecule has 1 heterocycles. The van der Waals surface area contributed by atoms with Crippen molar-refractivity contribution in [3.8, 4) is 0 Å².